The second kappa shape index (κ2) is 13.8. The molecule has 0 atom stereocenters. The molecule has 0 unspecified atom stereocenters. The van der Waals surface area contributed by atoms with E-state index in [1.54, 1.807) is 0 Å². The Morgan fingerprint density at radius 1 is 0.238 bits per heavy atom. The molecule has 0 amide bonds. The zero-order chi connectivity index (χ0) is 18.0. The molecule has 21 heteroatoms. The first-order chi connectivity index (χ1) is 8.00. The number of hydrogen-bond donors (Lipinski definition) is 0. The van der Waals surface area contributed by atoms with Crippen LogP contribution in [0.4, 0.5) is 0 Å². The summed E-state index contributed by atoms with van der Waals surface area (Å²) in [6.45, 7) is 0. The quantitative estimate of drug-likeness (QED) is 0.305. The third kappa shape index (κ3) is 4090. The van der Waals surface area contributed by atoms with E-state index >= 15 is 0 Å². The van der Waals surface area contributed by atoms with Gasteiger partial charge in [-0.15, -0.1) is 41.0 Å². The summed E-state index contributed by atoms with van der Waals surface area (Å²) in [4.78, 5) is 0. The minimum absolute atomic E-state index is 0. The first kappa shape index (κ1) is 33.9. The van der Waals surface area contributed by atoms with Crippen molar-refractivity contribution >= 4 is 0 Å². The van der Waals surface area contributed by atoms with Crippen LogP contribution >= 0.6 is 0 Å². The molecule has 0 aromatic heterocycles. The van der Waals surface area contributed by atoms with Crippen molar-refractivity contribution in [1.82, 2.24) is 0 Å². The van der Waals surface area contributed by atoms with Gasteiger partial charge in [-0.3, -0.25) is 0 Å². The summed E-state index contributed by atoms with van der Waals surface area (Å²) in [7, 11) is -19.8. The monoisotopic (exact) mass is 486 g/mol. The molecule has 0 rings (SSSR count). The van der Waals surface area contributed by atoms with Crippen molar-refractivity contribution in [2.75, 3.05) is 0 Å². The summed E-state index contributed by atoms with van der Waals surface area (Å²) in [5, 5.41) is 0. The van der Waals surface area contributed by atoms with Crippen molar-refractivity contribution in [3.8, 4) is 0 Å². The topological polar surface area (TPSA) is 369 Å². The molecule has 0 aromatic rings. The molecule has 0 N–H and O–H groups in total. The molecule has 0 aliphatic carbocycles. The van der Waals surface area contributed by atoms with E-state index in [0.717, 1.165) is 0 Å². The second-order valence-corrected chi connectivity index (χ2v) is 4.54. The van der Waals surface area contributed by atoms with E-state index in [0.29, 0.717) is 0 Å². The summed E-state index contributed by atoms with van der Waals surface area (Å²) >= 11 is 0. The van der Waals surface area contributed by atoms with Gasteiger partial charge in [-0.1, -0.05) is 0 Å². The molecule has 0 saturated carbocycles. The predicted octanol–water partition coefficient (Wildman–Crippen LogP) is -19.0. The summed E-state index contributed by atoms with van der Waals surface area (Å²) in [6, 6.07) is 0. The van der Waals surface area contributed by atoms with E-state index in [9.17, 15) is 0 Å². The Labute approximate surface area is 141 Å². The van der Waals surface area contributed by atoms with Gasteiger partial charge in [-0.05, 0) is 0 Å². The summed E-state index contributed by atoms with van der Waals surface area (Å²) in [6.07, 6.45) is 0. The molecule has 0 saturated heterocycles. The summed E-state index contributed by atoms with van der Waals surface area (Å²) in [5.41, 5.74) is 0. The Balaban J connectivity index is -0.0000000533. The molecular formula is Cl4O16Zr. The maximum Gasteiger partial charge on any atom is 4.00 e. The van der Waals surface area contributed by atoms with Gasteiger partial charge in [-0.25, -0.2) is 74.5 Å². The van der Waals surface area contributed by atoms with E-state index in [1.165, 1.54) is 0 Å². The van der Waals surface area contributed by atoms with Crippen molar-refractivity contribution in [2.45, 2.75) is 0 Å². The van der Waals surface area contributed by atoms with E-state index < -0.39 is 41.0 Å². The fourth-order valence-electron chi connectivity index (χ4n) is 0. The van der Waals surface area contributed by atoms with Crippen LogP contribution in [-0.4, -0.2) is 0 Å². The molecule has 0 fully saturated rings. The number of hydrogen-bond acceptors (Lipinski definition) is 16. The normalized spacial score (nSPS) is 11.4. The van der Waals surface area contributed by atoms with Crippen LogP contribution in [0.25, 0.3) is 0 Å². The smallest absolute Gasteiger partial charge is 0.222 e. The largest absolute Gasteiger partial charge is 4.00 e. The Kier molecular flexibility index (Phi) is 22.3. The van der Waals surface area contributed by atoms with Gasteiger partial charge in [-0.2, -0.15) is 0 Å². The SMILES string of the molecule is [O-][Cl+3]([O-])([O-])[O-].[O-][Cl+3]([O-])([O-])[O-].[O-][Cl+3]([O-])([O-])[O-].[O-][Cl+3]([O-])([O-])[O-].[Zr+4]. The molecule has 16 nitrogen and oxygen atoms in total. The zero-order valence-electron chi connectivity index (χ0n) is 8.54. The van der Waals surface area contributed by atoms with Crippen LogP contribution in [0.3, 0.4) is 0 Å². The van der Waals surface area contributed by atoms with Gasteiger partial charge in [0.05, 0.1) is 0 Å². The van der Waals surface area contributed by atoms with Crippen LogP contribution in [0.15, 0.2) is 0 Å². The summed E-state index contributed by atoms with van der Waals surface area (Å²) in [5.74, 6) is 0. The predicted molar refractivity (Wildman–Crippen MR) is 0 cm³/mol. The molecule has 0 aliphatic heterocycles. The van der Waals surface area contributed by atoms with Crippen molar-refractivity contribution < 1.29 is 142 Å². The fraction of sp³-hybridized carbons (Fsp3) is 0. The molecule has 128 valence electrons. The maximum atomic E-state index is 8.49. The molecular weight excluding hydrogens is 489 g/mol. The Morgan fingerprint density at radius 2 is 0.238 bits per heavy atom. The summed E-state index contributed by atoms with van der Waals surface area (Å²) < 4.78 is 136. The molecule has 0 spiro atoms. The average molecular weight is 489 g/mol. The van der Waals surface area contributed by atoms with Crippen molar-refractivity contribution in [3.05, 3.63) is 0 Å². The van der Waals surface area contributed by atoms with Gasteiger partial charge >= 0.3 is 26.2 Å². The van der Waals surface area contributed by atoms with Crippen LogP contribution in [0.2, 0.25) is 0 Å². The molecule has 21 heavy (non-hydrogen) atoms. The zero-order valence-corrected chi connectivity index (χ0v) is 14.0. The average Bonchev–Trinajstić information content (AvgIpc) is 1.62. The number of rotatable bonds is 0. The fourth-order valence-corrected chi connectivity index (χ4v) is 0. The van der Waals surface area contributed by atoms with Crippen LogP contribution in [-0.2, 0) is 26.2 Å². The maximum absolute atomic E-state index is 8.49. The van der Waals surface area contributed by atoms with Crippen molar-refractivity contribution in [1.29, 1.82) is 0 Å². The van der Waals surface area contributed by atoms with E-state index in [1.807, 2.05) is 0 Å². The molecule has 0 heterocycles. The Hall–Kier alpha value is 1.40. The van der Waals surface area contributed by atoms with Crippen LogP contribution in [0.5, 0.6) is 0 Å². The van der Waals surface area contributed by atoms with Gasteiger partial charge in [0, 0.05) is 0 Å². The third-order valence-electron chi connectivity index (χ3n) is 0. The Bertz CT molecular complexity index is 130. The van der Waals surface area contributed by atoms with Crippen molar-refractivity contribution in [2.24, 2.45) is 0 Å². The third-order valence-corrected chi connectivity index (χ3v) is 0. The van der Waals surface area contributed by atoms with Gasteiger partial charge in [0.15, 0.2) is 0 Å². The van der Waals surface area contributed by atoms with Gasteiger partial charge < -0.3 is 0 Å². The van der Waals surface area contributed by atoms with Gasteiger partial charge in [0.2, 0.25) is 0 Å². The van der Waals surface area contributed by atoms with Gasteiger partial charge in [0.1, 0.15) is 0 Å². The molecule has 0 aromatic carbocycles. The second-order valence-electron chi connectivity index (χ2n) is 1.51. The molecule has 0 bridgehead atoms. The number of halogens is 4. The van der Waals surface area contributed by atoms with Gasteiger partial charge in [0.25, 0.3) is 0 Å². The van der Waals surface area contributed by atoms with E-state index in [-0.39, 0.29) is 26.2 Å². The van der Waals surface area contributed by atoms with E-state index in [2.05, 4.69) is 0 Å². The minimum atomic E-state index is -4.94. The first-order valence-corrected chi connectivity index (χ1v) is 7.41. The Morgan fingerprint density at radius 3 is 0.238 bits per heavy atom. The van der Waals surface area contributed by atoms with E-state index in [4.69, 9.17) is 74.5 Å². The standard InChI is InChI=1S/4ClHO4.Zr/c4*2-1(3,4)5;/h4*(H,2,3,4,5);/q;;;;+4/p-4. The van der Waals surface area contributed by atoms with Crippen LogP contribution < -0.4 is 74.5 Å². The first-order valence-electron chi connectivity index (χ1n) is 2.47. The van der Waals surface area contributed by atoms with Crippen LogP contribution in [0.1, 0.15) is 0 Å². The van der Waals surface area contributed by atoms with Crippen molar-refractivity contribution in [3.63, 3.8) is 0 Å². The van der Waals surface area contributed by atoms with Crippen LogP contribution in [0, 0.1) is 41.0 Å². The molecule has 0 radical (unpaired) electrons. The molecule has 0 aliphatic rings. The minimum Gasteiger partial charge on any atom is -0.222 e.